The van der Waals surface area contributed by atoms with Gasteiger partial charge in [0.2, 0.25) is 0 Å². The Bertz CT molecular complexity index is 397. The number of aromatic carboxylic acids is 1. The molecule has 0 aliphatic carbocycles. The topological polar surface area (TPSA) is 98.6 Å². The van der Waals surface area contributed by atoms with Crippen molar-refractivity contribution in [3.8, 4) is 5.75 Å². The molecular weight excluding hydrogens is 208 g/mol. The molecule has 0 amide bonds. The molecule has 0 atom stereocenters. The Balaban J connectivity index is 2.98. The maximum Gasteiger partial charge on any atom is 0.339 e. The van der Waals surface area contributed by atoms with Crippen molar-refractivity contribution in [1.29, 1.82) is 0 Å². The standard InChI is InChI=1S/C11H16N2O3/c1-11(2,13)6-16-9-7(10(14)15)4-3-5-8(9)12/h3-5H,6,12-13H2,1-2H3,(H,14,15). The van der Waals surface area contributed by atoms with E-state index in [4.69, 9.17) is 21.3 Å². The zero-order valence-electron chi connectivity index (χ0n) is 9.36. The molecule has 0 aliphatic rings. The fraction of sp³-hybridized carbons (Fsp3) is 0.364. The van der Waals surface area contributed by atoms with E-state index >= 15 is 0 Å². The van der Waals surface area contributed by atoms with E-state index in [9.17, 15) is 4.79 Å². The van der Waals surface area contributed by atoms with E-state index in [0.29, 0.717) is 5.69 Å². The molecule has 0 fully saturated rings. The molecule has 5 nitrogen and oxygen atoms in total. The number of benzene rings is 1. The van der Waals surface area contributed by atoms with Gasteiger partial charge in [-0.3, -0.25) is 0 Å². The van der Waals surface area contributed by atoms with E-state index in [2.05, 4.69) is 0 Å². The van der Waals surface area contributed by atoms with Crippen LogP contribution in [-0.4, -0.2) is 23.2 Å². The Morgan fingerprint density at radius 2 is 2.12 bits per heavy atom. The van der Waals surface area contributed by atoms with Crippen LogP contribution in [0.4, 0.5) is 5.69 Å². The van der Waals surface area contributed by atoms with Crippen molar-refractivity contribution < 1.29 is 14.6 Å². The first-order chi connectivity index (χ1) is 7.31. The van der Waals surface area contributed by atoms with E-state index in [1.54, 1.807) is 26.0 Å². The Morgan fingerprint density at radius 1 is 1.50 bits per heavy atom. The van der Waals surface area contributed by atoms with Crippen molar-refractivity contribution in [2.75, 3.05) is 12.3 Å². The van der Waals surface area contributed by atoms with E-state index < -0.39 is 11.5 Å². The summed E-state index contributed by atoms with van der Waals surface area (Å²) in [6.45, 7) is 3.76. The van der Waals surface area contributed by atoms with E-state index in [1.165, 1.54) is 6.07 Å². The predicted octanol–water partition coefficient (Wildman–Crippen LogP) is 1.08. The van der Waals surface area contributed by atoms with Crippen LogP contribution in [0.1, 0.15) is 24.2 Å². The summed E-state index contributed by atoms with van der Waals surface area (Å²) in [5, 5.41) is 8.95. The van der Waals surface area contributed by atoms with Crippen molar-refractivity contribution in [2.24, 2.45) is 5.73 Å². The molecule has 1 aromatic carbocycles. The lowest BCUT2D eigenvalue weighted by Gasteiger charge is -2.20. The van der Waals surface area contributed by atoms with Gasteiger partial charge in [-0.05, 0) is 26.0 Å². The molecule has 5 heteroatoms. The van der Waals surface area contributed by atoms with Crippen LogP contribution < -0.4 is 16.2 Å². The molecule has 0 saturated carbocycles. The van der Waals surface area contributed by atoms with Gasteiger partial charge < -0.3 is 21.3 Å². The monoisotopic (exact) mass is 224 g/mol. The van der Waals surface area contributed by atoms with Gasteiger partial charge in [-0.2, -0.15) is 0 Å². The number of rotatable bonds is 4. The lowest BCUT2D eigenvalue weighted by molar-refractivity contribution is 0.0691. The van der Waals surface area contributed by atoms with Crippen LogP contribution in [0.3, 0.4) is 0 Å². The largest absolute Gasteiger partial charge is 0.489 e. The molecule has 0 unspecified atom stereocenters. The number of nitrogens with two attached hydrogens (primary N) is 2. The molecule has 0 saturated heterocycles. The van der Waals surface area contributed by atoms with Crippen LogP contribution in [0.25, 0.3) is 0 Å². The molecule has 16 heavy (non-hydrogen) atoms. The van der Waals surface area contributed by atoms with Crippen LogP contribution >= 0.6 is 0 Å². The minimum absolute atomic E-state index is 0.0456. The number of hydrogen-bond donors (Lipinski definition) is 3. The molecule has 0 heterocycles. The number of ether oxygens (including phenoxy) is 1. The van der Waals surface area contributed by atoms with Gasteiger partial charge in [0.05, 0.1) is 5.69 Å². The summed E-state index contributed by atoms with van der Waals surface area (Å²) in [6, 6.07) is 4.60. The second kappa shape index (κ2) is 4.40. The number of carbonyl (C=O) groups is 1. The number of carboxylic acids is 1. The second-order valence-electron chi connectivity index (χ2n) is 4.31. The van der Waals surface area contributed by atoms with Gasteiger partial charge in [-0.25, -0.2) is 4.79 Å². The van der Waals surface area contributed by atoms with Crippen molar-refractivity contribution >= 4 is 11.7 Å². The summed E-state index contributed by atoms with van der Waals surface area (Å²) >= 11 is 0. The maximum atomic E-state index is 10.9. The minimum atomic E-state index is -1.07. The van der Waals surface area contributed by atoms with Gasteiger partial charge in [0, 0.05) is 5.54 Å². The van der Waals surface area contributed by atoms with Gasteiger partial charge in [0.1, 0.15) is 12.2 Å². The van der Waals surface area contributed by atoms with E-state index in [-0.39, 0.29) is 17.9 Å². The minimum Gasteiger partial charge on any atom is -0.489 e. The fourth-order valence-electron chi connectivity index (χ4n) is 1.14. The highest BCUT2D eigenvalue weighted by molar-refractivity contribution is 5.93. The summed E-state index contributed by atoms with van der Waals surface area (Å²) in [5.74, 6) is -0.898. The first-order valence-electron chi connectivity index (χ1n) is 4.85. The molecule has 0 spiro atoms. The van der Waals surface area contributed by atoms with Gasteiger partial charge in [0.25, 0.3) is 0 Å². The average molecular weight is 224 g/mol. The zero-order chi connectivity index (χ0) is 12.3. The predicted molar refractivity (Wildman–Crippen MR) is 61.6 cm³/mol. The quantitative estimate of drug-likeness (QED) is 0.665. The molecular formula is C11H16N2O3. The highest BCUT2D eigenvalue weighted by Gasteiger charge is 2.17. The lowest BCUT2D eigenvalue weighted by Crippen LogP contribution is -2.39. The Hall–Kier alpha value is -1.75. The number of carboxylic acid groups (broad SMARTS) is 1. The highest BCUT2D eigenvalue weighted by atomic mass is 16.5. The Labute approximate surface area is 94.0 Å². The molecule has 0 aromatic heterocycles. The Morgan fingerprint density at radius 3 is 2.62 bits per heavy atom. The first-order valence-corrected chi connectivity index (χ1v) is 4.85. The van der Waals surface area contributed by atoms with Gasteiger partial charge in [0.15, 0.2) is 5.75 Å². The number of nitrogen functional groups attached to an aromatic ring is 1. The summed E-state index contributed by atoms with van der Waals surface area (Å²) in [4.78, 5) is 10.9. The maximum absolute atomic E-state index is 10.9. The summed E-state index contributed by atoms with van der Waals surface area (Å²) in [6.07, 6.45) is 0. The van der Waals surface area contributed by atoms with Crippen LogP contribution in [0.15, 0.2) is 18.2 Å². The number of anilines is 1. The van der Waals surface area contributed by atoms with Crippen LogP contribution in [0, 0.1) is 0 Å². The van der Waals surface area contributed by atoms with Gasteiger partial charge in [-0.1, -0.05) is 6.07 Å². The van der Waals surface area contributed by atoms with Crippen molar-refractivity contribution in [1.82, 2.24) is 0 Å². The third kappa shape index (κ3) is 3.13. The summed E-state index contributed by atoms with van der Waals surface area (Å²) in [5.41, 5.74) is 11.2. The molecule has 1 aromatic rings. The molecule has 5 N–H and O–H groups in total. The molecule has 1 rings (SSSR count). The number of hydrogen-bond acceptors (Lipinski definition) is 4. The Kier molecular flexibility index (Phi) is 3.39. The molecule has 88 valence electrons. The van der Waals surface area contributed by atoms with Crippen LogP contribution in [0.5, 0.6) is 5.75 Å². The van der Waals surface area contributed by atoms with E-state index in [0.717, 1.165) is 0 Å². The van der Waals surface area contributed by atoms with Crippen molar-refractivity contribution in [3.63, 3.8) is 0 Å². The third-order valence-corrected chi connectivity index (χ3v) is 1.86. The van der Waals surface area contributed by atoms with Crippen molar-refractivity contribution in [3.05, 3.63) is 23.8 Å². The molecule has 0 bridgehead atoms. The normalized spacial score (nSPS) is 11.2. The summed E-state index contributed by atoms with van der Waals surface area (Å²) in [7, 11) is 0. The van der Waals surface area contributed by atoms with Crippen molar-refractivity contribution in [2.45, 2.75) is 19.4 Å². The smallest absolute Gasteiger partial charge is 0.339 e. The SMILES string of the molecule is CC(C)(N)COc1c(N)cccc1C(=O)O. The van der Waals surface area contributed by atoms with Crippen LogP contribution in [0.2, 0.25) is 0 Å². The zero-order valence-corrected chi connectivity index (χ0v) is 9.36. The molecule has 0 aliphatic heterocycles. The third-order valence-electron chi connectivity index (χ3n) is 1.86. The van der Waals surface area contributed by atoms with Gasteiger partial charge >= 0.3 is 5.97 Å². The average Bonchev–Trinajstić information content (AvgIpc) is 2.13. The first kappa shape index (κ1) is 12.3. The lowest BCUT2D eigenvalue weighted by atomic mass is 10.1. The van der Waals surface area contributed by atoms with Gasteiger partial charge in [-0.15, -0.1) is 0 Å². The van der Waals surface area contributed by atoms with Crippen LogP contribution in [-0.2, 0) is 0 Å². The van der Waals surface area contributed by atoms with E-state index in [1.807, 2.05) is 0 Å². The summed E-state index contributed by atoms with van der Waals surface area (Å²) < 4.78 is 5.36. The molecule has 0 radical (unpaired) electrons. The highest BCUT2D eigenvalue weighted by Crippen LogP contribution is 2.26. The number of para-hydroxylation sites is 1. The fourth-order valence-corrected chi connectivity index (χ4v) is 1.14. The second-order valence-corrected chi connectivity index (χ2v) is 4.31.